The van der Waals surface area contributed by atoms with Crippen LogP contribution in [0.4, 0.5) is 5.69 Å². The molecule has 0 atom stereocenters. The Hall–Kier alpha value is -2.36. The fourth-order valence-electron chi connectivity index (χ4n) is 1.45. The number of nitrogen functional groups attached to an aromatic ring is 1. The van der Waals surface area contributed by atoms with E-state index in [1.54, 1.807) is 12.3 Å². The third kappa shape index (κ3) is 3.04. The molecule has 0 unspecified atom stereocenters. The van der Waals surface area contributed by atoms with E-state index in [0.29, 0.717) is 12.2 Å². The minimum absolute atomic E-state index is 0.00688. The minimum atomic E-state index is -0.00688. The summed E-state index contributed by atoms with van der Waals surface area (Å²) in [6.07, 6.45) is 1.73. The van der Waals surface area contributed by atoms with Gasteiger partial charge in [-0.25, -0.2) is 0 Å². The Morgan fingerprint density at radius 3 is 2.53 bits per heavy atom. The Kier molecular flexibility index (Phi) is 3.35. The topological polar surface area (TPSA) is 74.8 Å². The monoisotopic (exact) mass is 226 g/mol. The van der Waals surface area contributed by atoms with Crippen LogP contribution in [-0.2, 0) is 6.54 Å². The molecule has 0 radical (unpaired) electrons. The quantitative estimate of drug-likeness (QED) is 0.551. The van der Waals surface area contributed by atoms with Crippen LogP contribution in [0.5, 0.6) is 0 Å². The molecule has 0 bridgehead atoms. The van der Waals surface area contributed by atoms with Crippen molar-refractivity contribution in [3.05, 3.63) is 59.9 Å². The maximum Gasteiger partial charge on any atom is 0.141 e. The van der Waals surface area contributed by atoms with Crippen LogP contribution in [0.15, 0.2) is 48.7 Å². The molecule has 0 saturated carbocycles. The lowest BCUT2D eigenvalue weighted by Crippen LogP contribution is -2.13. The van der Waals surface area contributed by atoms with Crippen LogP contribution in [0, 0.1) is 5.41 Å². The lowest BCUT2D eigenvalue weighted by atomic mass is 10.2. The molecule has 1 heterocycles. The van der Waals surface area contributed by atoms with Gasteiger partial charge in [-0.3, -0.25) is 10.4 Å². The van der Waals surface area contributed by atoms with Crippen molar-refractivity contribution < 1.29 is 0 Å². The second-order valence-corrected chi connectivity index (χ2v) is 3.68. The first kappa shape index (κ1) is 11.1. The molecule has 2 aromatic rings. The highest BCUT2D eigenvalue weighted by atomic mass is 14.9. The van der Waals surface area contributed by atoms with Gasteiger partial charge in [0, 0.05) is 18.4 Å². The lowest BCUT2D eigenvalue weighted by Gasteiger charge is -2.06. The summed E-state index contributed by atoms with van der Waals surface area (Å²) in [6.45, 7) is 0.704. The van der Waals surface area contributed by atoms with Crippen molar-refractivity contribution in [3.8, 4) is 0 Å². The van der Waals surface area contributed by atoms with E-state index in [4.69, 9.17) is 11.1 Å². The van der Waals surface area contributed by atoms with Gasteiger partial charge in [-0.2, -0.15) is 0 Å². The summed E-state index contributed by atoms with van der Waals surface area (Å²) >= 11 is 0. The van der Waals surface area contributed by atoms with Gasteiger partial charge in [-0.15, -0.1) is 0 Å². The van der Waals surface area contributed by atoms with Gasteiger partial charge in [0.05, 0.1) is 0 Å². The molecule has 0 aliphatic rings. The summed E-state index contributed by atoms with van der Waals surface area (Å²) in [6, 6.07) is 13.6. The molecule has 4 N–H and O–H groups in total. The van der Waals surface area contributed by atoms with Gasteiger partial charge in [0.2, 0.25) is 0 Å². The first-order chi connectivity index (χ1) is 8.25. The normalized spacial score (nSPS) is 9.88. The van der Waals surface area contributed by atoms with Gasteiger partial charge >= 0.3 is 0 Å². The van der Waals surface area contributed by atoms with E-state index in [1.807, 2.05) is 36.4 Å². The predicted molar refractivity (Wildman–Crippen MR) is 69.0 cm³/mol. The van der Waals surface area contributed by atoms with E-state index in [-0.39, 0.29) is 5.84 Å². The van der Waals surface area contributed by atoms with E-state index in [1.165, 1.54) is 0 Å². The summed E-state index contributed by atoms with van der Waals surface area (Å²) in [4.78, 5) is 4.10. The number of nitrogens with zero attached hydrogens (tertiary/aromatic N) is 1. The van der Waals surface area contributed by atoms with E-state index in [2.05, 4.69) is 10.3 Å². The number of aromatic nitrogens is 1. The van der Waals surface area contributed by atoms with Crippen LogP contribution in [0.3, 0.4) is 0 Å². The molecule has 0 spiro atoms. The zero-order chi connectivity index (χ0) is 12.1. The van der Waals surface area contributed by atoms with Gasteiger partial charge < -0.3 is 11.1 Å². The molecular weight excluding hydrogens is 212 g/mol. The van der Waals surface area contributed by atoms with Crippen LogP contribution >= 0.6 is 0 Å². The van der Waals surface area contributed by atoms with Crippen molar-refractivity contribution >= 4 is 11.5 Å². The van der Waals surface area contributed by atoms with Crippen LogP contribution in [0.2, 0.25) is 0 Å². The smallest absolute Gasteiger partial charge is 0.141 e. The van der Waals surface area contributed by atoms with Crippen LogP contribution < -0.4 is 11.1 Å². The minimum Gasteiger partial charge on any atom is -0.382 e. The molecular formula is C13H14N4. The van der Waals surface area contributed by atoms with E-state index < -0.39 is 0 Å². The Morgan fingerprint density at radius 1 is 1.18 bits per heavy atom. The number of hydrogen-bond acceptors (Lipinski definition) is 3. The molecule has 4 nitrogen and oxygen atoms in total. The maximum atomic E-state index is 7.24. The highest BCUT2D eigenvalue weighted by Gasteiger charge is 1.98. The van der Waals surface area contributed by atoms with Gasteiger partial charge in [-0.1, -0.05) is 24.3 Å². The van der Waals surface area contributed by atoms with Crippen LogP contribution in [0.25, 0.3) is 0 Å². The molecule has 1 aromatic heterocycles. The van der Waals surface area contributed by atoms with Crippen molar-refractivity contribution in [1.82, 2.24) is 4.98 Å². The summed E-state index contributed by atoms with van der Waals surface area (Å²) < 4.78 is 0. The molecule has 0 fully saturated rings. The predicted octanol–water partition coefficient (Wildman–Crippen LogP) is 1.98. The molecule has 0 aliphatic carbocycles. The number of anilines is 1. The Bertz CT molecular complexity index is 491. The summed E-state index contributed by atoms with van der Waals surface area (Å²) in [5.41, 5.74) is 7.97. The molecule has 4 heteroatoms. The zero-order valence-corrected chi connectivity index (χ0v) is 9.35. The van der Waals surface area contributed by atoms with Crippen molar-refractivity contribution in [2.45, 2.75) is 6.54 Å². The first-order valence-corrected chi connectivity index (χ1v) is 5.34. The van der Waals surface area contributed by atoms with Crippen molar-refractivity contribution in [3.63, 3.8) is 0 Å². The highest BCUT2D eigenvalue weighted by Crippen LogP contribution is 2.08. The highest BCUT2D eigenvalue weighted by molar-refractivity contribution is 5.92. The molecule has 86 valence electrons. The number of para-hydroxylation sites is 1. The average molecular weight is 226 g/mol. The van der Waals surface area contributed by atoms with Gasteiger partial charge in [0.25, 0.3) is 0 Å². The van der Waals surface area contributed by atoms with Crippen LogP contribution in [0.1, 0.15) is 11.3 Å². The largest absolute Gasteiger partial charge is 0.382 e. The fraction of sp³-hybridized carbons (Fsp3) is 0.0769. The number of rotatable bonds is 4. The van der Waals surface area contributed by atoms with E-state index in [0.717, 1.165) is 11.3 Å². The van der Waals surface area contributed by atoms with Gasteiger partial charge in [-0.05, 0) is 23.8 Å². The molecule has 1 aromatic carbocycles. The van der Waals surface area contributed by atoms with Crippen molar-refractivity contribution in [1.29, 1.82) is 5.41 Å². The van der Waals surface area contributed by atoms with E-state index in [9.17, 15) is 0 Å². The first-order valence-electron chi connectivity index (χ1n) is 5.34. The molecule has 0 amide bonds. The maximum absolute atomic E-state index is 7.24. The summed E-state index contributed by atoms with van der Waals surface area (Å²) in [5.74, 6) is -0.00688. The number of hydrogen-bond donors (Lipinski definition) is 3. The van der Waals surface area contributed by atoms with Crippen molar-refractivity contribution in [2.24, 2.45) is 5.73 Å². The SMILES string of the molecule is N=C(N)c1ccc(CNc2ccccc2)cn1. The number of amidine groups is 1. The average Bonchev–Trinajstić information content (AvgIpc) is 2.38. The molecule has 17 heavy (non-hydrogen) atoms. The number of nitrogens with one attached hydrogen (secondary N) is 2. The second-order valence-electron chi connectivity index (χ2n) is 3.68. The molecule has 0 aliphatic heterocycles. The fourth-order valence-corrected chi connectivity index (χ4v) is 1.45. The summed E-state index contributed by atoms with van der Waals surface area (Å²) in [7, 11) is 0. The third-order valence-electron chi connectivity index (χ3n) is 2.37. The van der Waals surface area contributed by atoms with Crippen LogP contribution in [-0.4, -0.2) is 10.8 Å². The number of nitrogens with two attached hydrogens (primary N) is 1. The summed E-state index contributed by atoms with van der Waals surface area (Å²) in [5, 5.41) is 10.5. The van der Waals surface area contributed by atoms with Crippen molar-refractivity contribution in [2.75, 3.05) is 5.32 Å². The Morgan fingerprint density at radius 2 is 1.94 bits per heavy atom. The standard InChI is InChI=1S/C13H14N4/c14-13(15)12-7-6-10(9-17-12)8-16-11-4-2-1-3-5-11/h1-7,9,16H,8H2,(H3,14,15). The third-order valence-corrected chi connectivity index (χ3v) is 2.37. The number of benzene rings is 1. The molecule has 0 saturated heterocycles. The second kappa shape index (κ2) is 5.12. The number of pyridine rings is 1. The van der Waals surface area contributed by atoms with Gasteiger partial charge in [0.1, 0.15) is 11.5 Å². The zero-order valence-electron chi connectivity index (χ0n) is 9.35. The van der Waals surface area contributed by atoms with Gasteiger partial charge in [0.15, 0.2) is 0 Å². The molecule has 2 rings (SSSR count). The lowest BCUT2D eigenvalue weighted by molar-refractivity contribution is 1.10. The Labute approximate surface area is 100 Å². The Balaban J connectivity index is 1.98. The van der Waals surface area contributed by atoms with E-state index >= 15 is 0 Å².